The number of benzene rings is 1. The summed E-state index contributed by atoms with van der Waals surface area (Å²) in [5.41, 5.74) is 3.24. The Morgan fingerprint density at radius 3 is 2.86 bits per heavy atom. The van der Waals surface area contributed by atoms with Gasteiger partial charge in [0.15, 0.2) is 5.69 Å². The van der Waals surface area contributed by atoms with E-state index >= 15 is 0 Å². The smallest absolute Gasteiger partial charge is 0.359 e. The number of imidazole rings is 1. The van der Waals surface area contributed by atoms with Gasteiger partial charge < -0.3 is 4.74 Å². The average Bonchev–Trinajstić information content (AvgIpc) is 2.87. The molecule has 0 unspecified atom stereocenters. The predicted molar refractivity (Wildman–Crippen MR) is 81.3 cm³/mol. The number of hydrogen-bond donors (Lipinski definition) is 0. The molecule has 0 amide bonds. The van der Waals surface area contributed by atoms with E-state index in [0.717, 1.165) is 22.5 Å². The average molecular weight is 280 g/mol. The van der Waals surface area contributed by atoms with Crippen LogP contribution in [0.2, 0.25) is 0 Å². The highest BCUT2D eigenvalue weighted by molar-refractivity contribution is 5.96. The fourth-order valence-corrected chi connectivity index (χ4v) is 2.38. The second-order valence-electron chi connectivity index (χ2n) is 4.83. The first-order chi connectivity index (χ1) is 10.2. The Morgan fingerprint density at radius 1 is 1.24 bits per heavy atom. The monoisotopic (exact) mass is 280 g/mol. The minimum Gasteiger partial charge on any atom is -0.461 e. The van der Waals surface area contributed by atoms with E-state index < -0.39 is 0 Å². The lowest BCUT2D eigenvalue weighted by atomic mass is 10.1. The second-order valence-corrected chi connectivity index (χ2v) is 4.83. The number of aryl methyl sites for hydroxylation is 1. The Morgan fingerprint density at radius 2 is 2.10 bits per heavy atom. The van der Waals surface area contributed by atoms with Crippen molar-refractivity contribution in [1.29, 1.82) is 0 Å². The van der Waals surface area contributed by atoms with Gasteiger partial charge in [-0.2, -0.15) is 0 Å². The maximum absolute atomic E-state index is 12.1. The Bertz CT molecular complexity index is 805. The lowest BCUT2D eigenvalue weighted by Crippen LogP contribution is -2.05. The zero-order valence-electron chi connectivity index (χ0n) is 12.0. The van der Waals surface area contributed by atoms with Crippen molar-refractivity contribution in [3.8, 4) is 11.4 Å². The fraction of sp³-hybridized carbons (Fsp3) is 0.176. The number of pyridine rings is 1. The summed E-state index contributed by atoms with van der Waals surface area (Å²) in [6, 6.07) is 13.7. The predicted octanol–water partition coefficient (Wildman–Crippen LogP) is 3.49. The third-order valence-corrected chi connectivity index (χ3v) is 3.29. The topological polar surface area (TPSA) is 43.6 Å². The van der Waals surface area contributed by atoms with Gasteiger partial charge in [0.25, 0.3) is 0 Å². The number of carbonyl (C=O) groups excluding carboxylic acids is 1. The van der Waals surface area contributed by atoms with Gasteiger partial charge in [-0.3, -0.25) is 4.40 Å². The van der Waals surface area contributed by atoms with Crippen molar-refractivity contribution in [2.24, 2.45) is 0 Å². The summed E-state index contributed by atoms with van der Waals surface area (Å²) in [4.78, 5) is 16.6. The van der Waals surface area contributed by atoms with Gasteiger partial charge in [-0.15, -0.1) is 0 Å². The second kappa shape index (κ2) is 5.40. The third-order valence-electron chi connectivity index (χ3n) is 3.29. The maximum Gasteiger partial charge on any atom is 0.359 e. The summed E-state index contributed by atoms with van der Waals surface area (Å²) >= 11 is 0. The Balaban J connectivity index is 2.22. The summed E-state index contributed by atoms with van der Waals surface area (Å²) in [5.74, 6) is 0.359. The van der Waals surface area contributed by atoms with Crippen LogP contribution in [0.1, 0.15) is 23.0 Å². The molecule has 0 bridgehead atoms. The quantitative estimate of drug-likeness (QED) is 0.690. The molecule has 1 aromatic carbocycles. The van der Waals surface area contributed by atoms with Crippen molar-refractivity contribution in [1.82, 2.24) is 9.38 Å². The lowest BCUT2D eigenvalue weighted by molar-refractivity contribution is 0.0522. The molecule has 2 aromatic heterocycles. The van der Waals surface area contributed by atoms with Gasteiger partial charge in [0, 0.05) is 11.8 Å². The standard InChI is InChI=1S/C17H16N2O2/c1-3-21-17(20)15-14-9-4-5-10-19(14)16(18-15)13-8-6-7-12(2)11-13/h4-11H,3H2,1-2H3. The van der Waals surface area contributed by atoms with E-state index in [1.807, 2.05) is 53.9 Å². The number of fused-ring (bicyclic) bond motifs is 1. The van der Waals surface area contributed by atoms with Crippen LogP contribution >= 0.6 is 0 Å². The molecule has 4 heteroatoms. The first-order valence-corrected chi connectivity index (χ1v) is 6.92. The maximum atomic E-state index is 12.1. The molecule has 2 heterocycles. The van der Waals surface area contributed by atoms with Gasteiger partial charge in [-0.1, -0.05) is 29.8 Å². The van der Waals surface area contributed by atoms with Crippen LogP contribution < -0.4 is 0 Å². The number of hydrogen-bond acceptors (Lipinski definition) is 3. The summed E-state index contributed by atoms with van der Waals surface area (Å²) in [7, 11) is 0. The van der Waals surface area contributed by atoms with Crippen molar-refractivity contribution in [2.45, 2.75) is 13.8 Å². The van der Waals surface area contributed by atoms with Crippen molar-refractivity contribution in [2.75, 3.05) is 6.61 Å². The first-order valence-electron chi connectivity index (χ1n) is 6.92. The molecule has 0 aliphatic rings. The van der Waals surface area contributed by atoms with Crippen LogP contribution in [0.5, 0.6) is 0 Å². The molecule has 0 atom stereocenters. The summed E-state index contributed by atoms with van der Waals surface area (Å²) in [6.07, 6.45) is 1.91. The van der Waals surface area contributed by atoms with Gasteiger partial charge in [-0.05, 0) is 32.0 Å². The molecule has 0 N–H and O–H groups in total. The molecule has 3 rings (SSSR count). The highest BCUT2D eigenvalue weighted by Gasteiger charge is 2.18. The van der Waals surface area contributed by atoms with Crippen LogP contribution in [0.3, 0.4) is 0 Å². The van der Waals surface area contributed by atoms with Crippen LogP contribution in [-0.2, 0) is 4.74 Å². The number of ether oxygens (including phenoxy) is 1. The minimum absolute atomic E-state index is 0.338. The van der Waals surface area contributed by atoms with Gasteiger partial charge in [-0.25, -0.2) is 9.78 Å². The third kappa shape index (κ3) is 2.40. The van der Waals surface area contributed by atoms with Crippen molar-refractivity contribution in [3.63, 3.8) is 0 Å². The number of carbonyl (C=O) groups is 1. The highest BCUT2D eigenvalue weighted by Crippen LogP contribution is 2.24. The van der Waals surface area contributed by atoms with E-state index in [-0.39, 0.29) is 5.97 Å². The largest absolute Gasteiger partial charge is 0.461 e. The van der Waals surface area contributed by atoms with Crippen LogP contribution in [0, 0.1) is 6.92 Å². The summed E-state index contributed by atoms with van der Waals surface area (Å²) < 4.78 is 7.01. The van der Waals surface area contributed by atoms with E-state index in [4.69, 9.17) is 4.74 Å². The molecule has 21 heavy (non-hydrogen) atoms. The number of aromatic nitrogens is 2. The van der Waals surface area contributed by atoms with Crippen molar-refractivity contribution < 1.29 is 9.53 Å². The zero-order valence-corrected chi connectivity index (χ0v) is 12.0. The molecular weight excluding hydrogens is 264 g/mol. The molecule has 0 aliphatic heterocycles. The van der Waals surface area contributed by atoms with Crippen LogP contribution in [-0.4, -0.2) is 22.0 Å². The lowest BCUT2D eigenvalue weighted by Gasteiger charge is -2.01. The van der Waals surface area contributed by atoms with Gasteiger partial charge >= 0.3 is 5.97 Å². The number of esters is 1. The molecule has 0 fully saturated rings. The van der Waals surface area contributed by atoms with E-state index in [9.17, 15) is 4.79 Å². The fourth-order valence-electron chi connectivity index (χ4n) is 2.38. The van der Waals surface area contributed by atoms with Crippen molar-refractivity contribution >= 4 is 11.5 Å². The zero-order chi connectivity index (χ0) is 14.8. The minimum atomic E-state index is -0.389. The molecule has 4 nitrogen and oxygen atoms in total. The Labute approximate surface area is 123 Å². The van der Waals surface area contributed by atoms with Crippen LogP contribution in [0.4, 0.5) is 0 Å². The number of nitrogens with zero attached hydrogens (tertiary/aromatic N) is 2. The molecule has 0 radical (unpaired) electrons. The van der Waals surface area contributed by atoms with Gasteiger partial charge in [0.05, 0.1) is 12.1 Å². The first kappa shape index (κ1) is 13.4. The normalized spacial score (nSPS) is 10.8. The Kier molecular flexibility index (Phi) is 3.44. The van der Waals surface area contributed by atoms with Crippen LogP contribution in [0.25, 0.3) is 16.9 Å². The molecule has 0 saturated heterocycles. The van der Waals surface area contributed by atoms with Gasteiger partial charge in [0.2, 0.25) is 0 Å². The van der Waals surface area contributed by atoms with Gasteiger partial charge in [0.1, 0.15) is 5.82 Å². The van der Waals surface area contributed by atoms with Crippen LogP contribution in [0.15, 0.2) is 48.7 Å². The molecule has 3 aromatic rings. The Hall–Kier alpha value is -2.62. The highest BCUT2D eigenvalue weighted by atomic mass is 16.5. The molecule has 106 valence electrons. The number of rotatable bonds is 3. The summed E-state index contributed by atoms with van der Waals surface area (Å²) in [5, 5.41) is 0. The van der Waals surface area contributed by atoms with E-state index in [2.05, 4.69) is 11.1 Å². The molecule has 0 spiro atoms. The van der Waals surface area contributed by atoms with E-state index in [1.165, 1.54) is 0 Å². The van der Waals surface area contributed by atoms with Crippen molar-refractivity contribution in [3.05, 3.63) is 59.9 Å². The SMILES string of the molecule is CCOC(=O)c1nc(-c2cccc(C)c2)n2ccccc12. The summed E-state index contributed by atoms with van der Waals surface area (Å²) in [6.45, 7) is 4.16. The molecular formula is C17H16N2O2. The molecule has 0 saturated carbocycles. The van der Waals surface area contributed by atoms with E-state index in [0.29, 0.717) is 12.3 Å². The van der Waals surface area contributed by atoms with E-state index in [1.54, 1.807) is 6.92 Å². The molecule has 0 aliphatic carbocycles.